The van der Waals surface area contributed by atoms with Gasteiger partial charge in [0.2, 0.25) is 5.91 Å². The number of anilines is 1. The van der Waals surface area contributed by atoms with Gasteiger partial charge in [0.25, 0.3) is 5.69 Å². The summed E-state index contributed by atoms with van der Waals surface area (Å²) in [5.74, 6) is -0.375. The lowest BCUT2D eigenvalue weighted by atomic mass is 10.1. The Bertz CT molecular complexity index is 677. The number of ether oxygens (including phenoxy) is 1. The highest BCUT2D eigenvalue weighted by molar-refractivity contribution is 5.91. The molecule has 0 bridgehead atoms. The number of nitrogens with one attached hydrogen (secondary N) is 2. The summed E-state index contributed by atoms with van der Waals surface area (Å²) in [5.41, 5.74) is 0.0534. The Kier molecular flexibility index (Phi) is 7.10. The lowest BCUT2D eigenvalue weighted by Gasteiger charge is -2.19. The largest absolute Gasteiger partial charge is 0.444 e. The highest BCUT2D eigenvalue weighted by atomic mass is 16.6. The predicted molar refractivity (Wildman–Crippen MR) is 95.3 cm³/mol. The van der Waals surface area contributed by atoms with Crippen molar-refractivity contribution in [1.82, 2.24) is 5.32 Å². The van der Waals surface area contributed by atoms with E-state index in [0.29, 0.717) is 18.5 Å². The summed E-state index contributed by atoms with van der Waals surface area (Å²) < 4.78 is 5.11. The third kappa shape index (κ3) is 7.96. The van der Waals surface area contributed by atoms with Crippen LogP contribution in [0, 0.1) is 10.1 Å². The van der Waals surface area contributed by atoms with Gasteiger partial charge >= 0.3 is 6.09 Å². The summed E-state index contributed by atoms with van der Waals surface area (Å²) in [5, 5.41) is 16.1. The highest BCUT2D eigenvalue weighted by Crippen LogP contribution is 2.26. The summed E-state index contributed by atoms with van der Waals surface area (Å²) in [4.78, 5) is 33.1. The van der Waals surface area contributed by atoms with Gasteiger partial charge in [0, 0.05) is 19.5 Å². The van der Waals surface area contributed by atoms with E-state index in [1.165, 1.54) is 19.1 Å². The average Bonchev–Trinajstić information content (AvgIpc) is 2.45. The average molecular weight is 349 g/mol. The second-order valence-electron chi connectivity index (χ2n) is 6.33. The first kappa shape index (κ1) is 20.1. The maximum Gasteiger partial charge on any atom is 0.407 e. The molecular formula is C17H23N3O5. The second-order valence-corrected chi connectivity index (χ2v) is 6.33. The van der Waals surface area contributed by atoms with Gasteiger partial charge < -0.3 is 15.4 Å². The molecule has 0 aromatic heterocycles. The fourth-order valence-corrected chi connectivity index (χ4v) is 1.89. The molecule has 2 amide bonds. The number of hydrogen-bond donors (Lipinski definition) is 2. The van der Waals surface area contributed by atoms with Gasteiger partial charge in [0.1, 0.15) is 11.3 Å². The molecule has 0 fully saturated rings. The van der Waals surface area contributed by atoms with Crippen LogP contribution in [0.2, 0.25) is 0 Å². The van der Waals surface area contributed by atoms with Crippen molar-refractivity contribution < 1.29 is 19.2 Å². The minimum atomic E-state index is -0.549. The van der Waals surface area contributed by atoms with Gasteiger partial charge in [-0.05, 0) is 38.8 Å². The summed E-state index contributed by atoms with van der Waals surface area (Å²) in [6, 6.07) is 4.53. The molecule has 1 aromatic rings. The first-order valence-corrected chi connectivity index (χ1v) is 7.78. The number of nitro benzene ring substituents is 1. The molecular weight excluding hydrogens is 326 g/mol. The van der Waals surface area contributed by atoms with Crippen molar-refractivity contribution >= 4 is 29.5 Å². The first-order chi connectivity index (χ1) is 11.6. The number of nitrogens with zero attached hydrogens (tertiary/aromatic N) is 1. The number of carbonyl (C=O) groups is 2. The molecule has 0 heterocycles. The Balaban J connectivity index is 2.60. The van der Waals surface area contributed by atoms with Gasteiger partial charge in [0.15, 0.2) is 0 Å². The fraction of sp³-hybridized carbons (Fsp3) is 0.412. The van der Waals surface area contributed by atoms with Crippen molar-refractivity contribution in [3.8, 4) is 0 Å². The number of amides is 2. The zero-order valence-corrected chi connectivity index (χ0v) is 14.8. The zero-order chi connectivity index (χ0) is 19.0. The fourth-order valence-electron chi connectivity index (χ4n) is 1.89. The number of hydrogen-bond acceptors (Lipinski definition) is 5. The van der Waals surface area contributed by atoms with Crippen LogP contribution in [0.5, 0.6) is 0 Å². The molecule has 8 heteroatoms. The van der Waals surface area contributed by atoms with E-state index in [-0.39, 0.29) is 17.3 Å². The van der Waals surface area contributed by atoms with Crippen molar-refractivity contribution in [2.24, 2.45) is 0 Å². The van der Waals surface area contributed by atoms with E-state index in [0.717, 1.165) is 0 Å². The molecule has 1 rings (SSSR count). The number of alkyl carbamates (subject to hydrolysis) is 1. The molecule has 136 valence electrons. The van der Waals surface area contributed by atoms with Crippen LogP contribution in [-0.4, -0.2) is 29.1 Å². The van der Waals surface area contributed by atoms with E-state index in [1.54, 1.807) is 39.0 Å². The minimum Gasteiger partial charge on any atom is -0.444 e. The van der Waals surface area contributed by atoms with Crippen molar-refractivity contribution in [3.05, 3.63) is 40.0 Å². The number of nitro groups is 1. The summed E-state index contributed by atoms with van der Waals surface area (Å²) in [6.45, 7) is 7.02. The number of carbonyl (C=O) groups excluding carboxylic acids is 2. The van der Waals surface area contributed by atoms with E-state index in [9.17, 15) is 19.7 Å². The van der Waals surface area contributed by atoms with Gasteiger partial charge in [-0.2, -0.15) is 0 Å². The molecule has 0 radical (unpaired) electrons. The number of benzene rings is 1. The van der Waals surface area contributed by atoms with Crippen molar-refractivity contribution in [3.63, 3.8) is 0 Å². The summed E-state index contributed by atoms with van der Waals surface area (Å²) in [7, 11) is 0. The lowest BCUT2D eigenvalue weighted by molar-refractivity contribution is -0.383. The van der Waals surface area contributed by atoms with Crippen LogP contribution in [0.15, 0.2) is 24.3 Å². The minimum absolute atomic E-state index is 0.154. The summed E-state index contributed by atoms with van der Waals surface area (Å²) in [6.07, 6.45) is 3.55. The van der Waals surface area contributed by atoms with Crippen LogP contribution in [-0.2, 0) is 9.53 Å². The standard InChI is InChI=1S/C17H23N3O5/c1-12(21)19-14-9-8-13(11-15(14)20(23)24)7-5-6-10-18-16(22)25-17(2,3)4/h5,7-9,11H,6,10H2,1-4H3,(H,18,22)(H,19,21). The van der Waals surface area contributed by atoms with Gasteiger partial charge in [0.05, 0.1) is 4.92 Å². The molecule has 0 atom stereocenters. The Labute approximate surface area is 146 Å². The van der Waals surface area contributed by atoms with Gasteiger partial charge in [-0.1, -0.05) is 18.2 Å². The van der Waals surface area contributed by atoms with E-state index in [4.69, 9.17) is 4.74 Å². The van der Waals surface area contributed by atoms with Gasteiger partial charge in [-0.15, -0.1) is 0 Å². The van der Waals surface area contributed by atoms with Crippen molar-refractivity contribution in [1.29, 1.82) is 0 Å². The quantitative estimate of drug-likeness (QED) is 0.464. The molecule has 0 saturated carbocycles. The molecule has 0 spiro atoms. The topological polar surface area (TPSA) is 111 Å². The number of rotatable bonds is 6. The second kappa shape index (κ2) is 8.81. The SMILES string of the molecule is CC(=O)Nc1ccc(C=CCCNC(=O)OC(C)(C)C)cc1[N+](=O)[O-]. The van der Waals surface area contributed by atoms with E-state index in [1.807, 2.05) is 0 Å². The molecule has 0 aliphatic rings. The Morgan fingerprint density at radius 1 is 1.32 bits per heavy atom. The Morgan fingerprint density at radius 2 is 2.00 bits per heavy atom. The van der Waals surface area contributed by atoms with Crippen LogP contribution in [0.4, 0.5) is 16.2 Å². The molecule has 0 aliphatic heterocycles. The van der Waals surface area contributed by atoms with E-state index < -0.39 is 16.6 Å². The van der Waals surface area contributed by atoms with E-state index >= 15 is 0 Å². The highest BCUT2D eigenvalue weighted by Gasteiger charge is 2.16. The van der Waals surface area contributed by atoms with E-state index in [2.05, 4.69) is 10.6 Å². The third-order valence-corrected chi connectivity index (χ3v) is 2.82. The molecule has 0 unspecified atom stereocenters. The van der Waals surface area contributed by atoms with Gasteiger partial charge in [-0.3, -0.25) is 14.9 Å². The zero-order valence-electron chi connectivity index (χ0n) is 14.8. The van der Waals surface area contributed by atoms with Crippen LogP contribution in [0.3, 0.4) is 0 Å². The summed E-state index contributed by atoms with van der Waals surface area (Å²) >= 11 is 0. The van der Waals surface area contributed by atoms with Crippen molar-refractivity contribution in [2.75, 3.05) is 11.9 Å². The van der Waals surface area contributed by atoms with Crippen LogP contribution >= 0.6 is 0 Å². The predicted octanol–water partition coefficient (Wildman–Crippen LogP) is 3.48. The Morgan fingerprint density at radius 3 is 2.56 bits per heavy atom. The molecule has 25 heavy (non-hydrogen) atoms. The van der Waals surface area contributed by atoms with Gasteiger partial charge in [-0.25, -0.2) is 4.79 Å². The molecule has 8 nitrogen and oxygen atoms in total. The smallest absolute Gasteiger partial charge is 0.407 e. The normalized spacial score (nSPS) is 11.2. The third-order valence-electron chi connectivity index (χ3n) is 2.82. The Hall–Kier alpha value is -2.90. The maximum absolute atomic E-state index is 11.5. The first-order valence-electron chi connectivity index (χ1n) is 7.78. The van der Waals surface area contributed by atoms with Crippen molar-refractivity contribution in [2.45, 2.75) is 39.7 Å². The molecule has 2 N–H and O–H groups in total. The monoisotopic (exact) mass is 349 g/mol. The van der Waals surface area contributed by atoms with Crippen LogP contribution < -0.4 is 10.6 Å². The molecule has 1 aromatic carbocycles. The maximum atomic E-state index is 11.5. The van der Waals surface area contributed by atoms with Crippen LogP contribution in [0.25, 0.3) is 6.08 Å². The van der Waals surface area contributed by atoms with Crippen LogP contribution in [0.1, 0.15) is 39.7 Å². The molecule has 0 saturated heterocycles. The molecule has 0 aliphatic carbocycles. The lowest BCUT2D eigenvalue weighted by Crippen LogP contribution is -2.32.